The zero-order valence-electron chi connectivity index (χ0n) is 10.2. The Kier molecular flexibility index (Phi) is 3.96. The highest BCUT2D eigenvalue weighted by atomic mass is 16.5. The van der Waals surface area contributed by atoms with E-state index in [0.717, 1.165) is 5.56 Å². The number of rotatable bonds is 4. The lowest BCUT2D eigenvalue weighted by molar-refractivity contribution is 0.299. The van der Waals surface area contributed by atoms with Crippen LogP contribution in [0.4, 0.5) is 5.69 Å². The molecule has 1 heterocycles. The molecule has 0 aliphatic carbocycles. The van der Waals surface area contributed by atoms with E-state index >= 15 is 0 Å². The van der Waals surface area contributed by atoms with Crippen molar-refractivity contribution in [1.29, 1.82) is 5.26 Å². The third-order valence-electron chi connectivity index (χ3n) is 2.53. The van der Waals surface area contributed by atoms with Crippen LogP contribution in [0.5, 0.6) is 11.6 Å². The molecule has 0 aliphatic heterocycles. The predicted octanol–water partition coefficient (Wildman–Crippen LogP) is 1.86. The summed E-state index contributed by atoms with van der Waals surface area (Å²) in [4.78, 5) is 3.99. The van der Waals surface area contributed by atoms with Gasteiger partial charge in [-0.05, 0) is 30.2 Å². The van der Waals surface area contributed by atoms with Crippen molar-refractivity contribution in [3.63, 3.8) is 0 Å². The molecule has 5 nitrogen and oxygen atoms in total. The Hall–Kier alpha value is -2.58. The molecule has 0 unspecified atom stereocenters. The topological polar surface area (TPSA) is 92.2 Å². The summed E-state index contributed by atoms with van der Waals surface area (Å²) in [7, 11) is 0. The van der Waals surface area contributed by atoms with Gasteiger partial charge in [-0.1, -0.05) is 12.1 Å². The summed E-state index contributed by atoms with van der Waals surface area (Å²) in [6, 6.07) is 10.8. The van der Waals surface area contributed by atoms with Gasteiger partial charge in [-0.25, -0.2) is 4.98 Å². The zero-order valence-corrected chi connectivity index (χ0v) is 10.2. The van der Waals surface area contributed by atoms with Crippen LogP contribution in [-0.2, 0) is 6.42 Å². The van der Waals surface area contributed by atoms with Crippen molar-refractivity contribution in [2.75, 3.05) is 12.3 Å². The molecule has 0 bridgehead atoms. The Morgan fingerprint density at radius 2 is 2.05 bits per heavy atom. The molecular formula is C14H13N3O2. The molecule has 0 fully saturated rings. The van der Waals surface area contributed by atoms with Crippen molar-refractivity contribution < 1.29 is 9.84 Å². The van der Waals surface area contributed by atoms with Crippen molar-refractivity contribution in [1.82, 2.24) is 4.98 Å². The molecule has 19 heavy (non-hydrogen) atoms. The van der Waals surface area contributed by atoms with E-state index < -0.39 is 0 Å². The van der Waals surface area contributed by atoms with Gasteiger partial charge in [0.2, 0.25) is 5.88 Å². The fourth-order valence-electron chi connectivity index (χ4n) is 1.59. The minimum atomic E-state index is 0.109. The summed E-state index contributed by atoms with van der Waals surface area (Å²) >= 11 is 0. The standard InChI is InChI=1S/C14H13N3O2/c15-8-11-7-12(16)9-17-14(11)19-13-3-1-10(2-4-13)5-6-18/h1-4,7,9,18H,5-6,16H2. The Morgan fingerprint density at radius 3 is 2.68 bits per heavy atom. The molecule has 0 aliphatic rings. The smallest absolute Gasteiger partial charge is 0.237 e. The second kappa shape index (κ2) is 5.85. The summed E-state index contributed by atoms with van der Waals surface area (Å²) in [5, 5.41) is 17.8. The molecule has 3 N–H and O–H groups in total. The average molecular weight is 255 g/mol. The lowest BCUT2D eigenvalue weighted by Gasteiger charge is -2.07. The largest absolute Gasteiger partial charge is 0.438 e. The SMILES string of the molecule is N#Cc1cc(N)cnc1Oc1ccc(CCO)cc1. The summed E-state index contributed by atoms with van der Waals surface area (Å²) < 4.78 is 5.54. The average Bonchev–Trinajstić information content (AvgIpc) is 2.43. The van der Waals surface area contributed by atoms with E-state index in [1.165, 1.54) is 12.3 Å². The minimum Gasteiger partial charge on any atom is -0.438 e. The third-order valence-corrected chi connectivity index (χ3v) is 2.53. The lowest BCUT2D eigenvalue weighted by Crippen LogP contribution is -1.95. The van der Waals surface area contributed by atoms with Crippen LogP contribution < -0.4 is 10.5 Å². The van der Waals surface area contributed by atoms with Gasteiger partial charge in [-0.2, -0.15) is 5.26 Å². The molecule has 2 rings (SSSR count). The van der Waals surface area contributed by atoms with E-state index in [1.807, 2.05) is 18.2 Å². The fraction of sp³-hybridized carbons (Fsp3) is 0.143. The van der Waals surface area contributed by atoms with Crippen LogP contribution in [0, 0.1) is 11.3 Å². The van der Waals surface area contributed by atoms with Crippen molar-refractivity contribution >= 4 is 5.69 Å². The molecule has 1 aromatic carbocycles. The number of aliphatic hydroxyl groups excluding tert-OH is 1. The first-order valence-corrected chi connectivity index (χ1v) is 5.76. The van der Waals surface area contributed by atoms with Crippen molar-refractivity contribution in [2.45, 2.75) is 6.42 Å². The molecular weight excluding hydrogens is 242 g/mol. The van der Waals surface area contributed by atoms with Crippen molar-refractivity contribution in [3.05, 3.63) is 47.7 Å². The first kappa shape index (κ1) is 12.9. The van der Waals surface area contributed by atoms with Gasteiger partial charge in [-0.15, -0.1) is 0 Å². The summed E-state index contributed by atoms with van der Waals surface area (Å²) in [5.74, 6) is 0.807. The number of anilines is 1. The van der Waals surface area contributed by atoms with E-state index in [9.17, 15) is 0 Å². The highest BCUT2D eigenvalue weighted by molar-refractivity contribution is 5.49. The first-order valence-electron chi connectivity index (χ1n) is 5.76. The highest BCUT2D eigenvalue weighted by Gasteiger charge is 2.07. The Bertz CT molecular complexity index is 603. The number of aliphatic hydroxyl groups is 1. The number of hydrogen-bond acceptors (Lipinski definition) is 5. The molecule has 0 saturated heterocycles. The first-order chi connectivity index (χ1) is 9.22. The van der Waals surface area contributed by atoms with Crippen LogP contribution in [0.25, 0.3) is 0 Å². The monoisotopic (exact) mass is 255 g/mol. The summed E-state index contributed by atoms with van der Waals surface area (Å²) in [5.41, 5.74) is 7.28. The molecule has 96 valence electrons. The van der Waals surface area contributed by atoms with Crippen molar-refractivity contribution in [2.24, 2.45) is 0 Å². The minimum absolute atomic E-state index is 0.109. The molecule has 0 radical (unpaired) electrons. The number of benzene rings is 1. The Balaban J connectivity index is 2.19. The van der Waals surface area contributed by atoms with E-state index in [-0.39, 0.29) is 12.5 Å². The van der Waals surface area contributed by atoms with Crippen LogP contribution in [0.15, 0.2) is 36.5 Å². The van der Waals surface area contributed by atoms with Crippen LogP contribution in [0.3, 0.4) is 0 Å². The number of hydrogen-bond donors (Lipinski definition) is 2. The number of ether oxygens (including phenoxy) is 1. The maximum absolute atomic E-state index is 8.98. The van der Waals surface area contributed by atoms with Crippen LogP contribution in [-0.4, -0.2) is 16.7 Å². The molecule has 1 aromatic heterocycles. The van der Waals surface area contributed by atoms with Gasteiger partial charge in [0.05, 0.1) is 11.9 Å². The third kappa shape index (κ3) is 3.21. The summed E-state index contributed by atoms with van der Waals surface area (Å²) in [6.45, 7) is 0.109. The van der Waals surface area contributed by atoms with Crippen LogP contribution in [0.1, 0.15) is 11.1 Å². The van der Waals surface area contributed by atoms with Gasteiger partial charge >= 0.3 is 0 Å². The van der Waals surface area contributed by atoms with Gasteiger partial charge in [0, 0.05) is 6.61 Å². The molecule has 2 aromatic rings. The predicted molar refractivity (Wildman–Crippen MR) is 70.7 cm³/mol. The Morgan fingerprint density at radius 1 is 1.32 bits per heavy atom. The van der Waals surface area contributed by atoms with Crippen LogP contribution >= 0.6 is 0 Å². The number of nitriles is 1. The normalized spacial score (nSPS) is 9.89. The van der Waals surface area contributed by atoms with E-state index in [0.29, 0.717) is 23.4 Å². The van der Waals surface area contributed by atoms with Gasteiger partial charge in [-0.3, -0.25) is 0 Å². The molecule has 0 spiro atoms. The highest BCUT2D eigenvalue weighted by Crippen LogP contribution is 2.24. The van der Waals surface area contributed by atoms with E-state index in [4.69, 9.17) is 20.8 Å². The molecule has 5 heteroatoms. The van der Waals surface area contributed by atoms with Gasteiger partial charge in [0.1, 0.15) is 17.4 Å². The summed E-state index contributed by atoms with van der Waals surface area (Å²) in [6.07, 6.45) is 2.04. The number of nitrogens with two attached hydrogens (primary N) is 1. The maximum atomic E-state index is 8.98. The number of pyridine rings is 1. The second-order valence-electron chi connectivity index (χ2n) is 3.95. The number of nitrogens with zero attached hydrogens (tertiary/aromatic N) is 2. The van der Waals surface area contributed by atoms with Gasteiger partial charge in [0.15, 0.2) is 0 Å². The fourth-order valence-corrected chi connectivity index (χ4v) is 1.59. The van der Waals surface area contributed by atoms with Crippen molar-refractivity contribution in [3.8, 4) is 17.7 Å². The quantitative estimate of drug-likeness (QED) is 0.869. The second-order valence-corrected chi connectivity index (χ2v) is 3.95. The Labute approximate surface area is 110 Å². The van der Waals surface area contributed by atoms with Gasteiger partial charge < -0.3 is 15.6 Å². The van der Waals surface area contributed by atoms with Gasteiger partial charge in [0.25, 0.3) is 0 Å². The zero-order chi connectivity index (χ0) is 13.7. The van der Waals surface area contributed by atoms with E-state index in [2.05, 4.69) is 4.98 Å². The number of aromatic nitrogens is 1. The molecule has 0 amide bonds. The molecule has 0 atom stereocenters. The molecule has 0 saturated carbocycles. The lowest BCUT2D eigenvalue weighted by atomic mass is 10.1. The maximum Gasteiger partial charge on any atom is 0.237 e. The number of nitrogen functional groups attached to an aromatic ring is 1. The van der Waals surface area contributed by atoms with Crippen LogP contribution in [0.2, 0.25) is 0 Å². The van der Waals surface area contributed by atoms with E-state index in [1.54, 1.807) is 12.1 Å².